The quantitative estimate of drug-likeness (QED) is 0.639. The topological polar surface area (TPSA) is 126 Å². The summed E-state index contributed by atoms with van der Waals surface area (Å²) in [6, 6.07) is 6.65. The van der Waals surface area contributed by atoms with Crippen LogP contribution in [0.25, 0.3) is 0 Å². The molecular formula is C17H19N5O4S. The fourth-order valence-corrected chi connectivity index (χ4v) is 3.22. The van der Waals surface area contributed by atoms with Crippen molar-refractivity contribution in [3.8, 4) is 0 Å². The van der Waals surface area contributed by atoms with Crippen molar-refractivity contribution in [2.24, 2.45) is 5.92 Å². The summed E-state index contributed by atoms with van der Waals surface area (Å²) in [5.74, 6) is -0.662. The number of imide groups is 1. The van der Waals surface area contributed by atoms with Gasteiger partial charge in [-0.1, -0.05) is 30.0 Å². The van der Waals surface area contributed by atoms with Gasteiger partial charge in [0.2, 0.25) is 17.7 Å². The molecular weight excluding hydrogens is 370 g/mol. The molecule has 10 heteroatoms. The number of carbonyl (C=O) groups is 3. The summed E-state index contributed by atoms with van der Waals surface area (Å²) in [6.07, 6.45) is 0.205. The van der Waals surface area contributed by atoms with Crippen molar-refractivity contribution in [3.63, 3.8) is 0 Å². The number of hydrogen-bond donors (Lipinski definition) is 3. The van der Waals surface area contributed by atoms with Gasteiger partial charge in [0.15, 0.2) is 0 Å². The summed E-state index contributed by atoms with van der Waals surface area (Å²) in [4.78, 5) is 35.2. The van der Waals surface area contributed by atoms with E-state index in [2.05, 4.69) is 26.1 Å². The Balaban J connectivity index is 1.52. The molecule has 0 bridgehead atoms. The Labute approximate surface area is 159 Å². The molecule has 2 unspecified atom stereocenters. The lowest BCUT2D eigenvalue weighted by atomic mass is 9.95. The monoisotopic (exact) mass is 389 g/mol. The third-order valence-corrected chi connectivity index (χ3v) is 4.94. The first-order valence-electron chi connectivity index (χ1n) is 8.34. The van der Waals surface area contributed by atoms with Crippen LogP contribution >= 0.6 is 11.8 Å². The Kier molecular flexibility index (Phi) is 5.75. The fraction of sp³-hybridized carbons (Fsp3) is 0.353. The Morgan fingerprint density at radius 3 is 2.81 bits per heavy atom. The molecule has 0 aliphatic carbocycles. The van der Waals surface area contributed by atoms with E-state index in [0.29, 0.717) is 0 Å². The summed E-state index contributed by atoms with van der Waals surface area (Å²) < 4.78 is 5.50. The minimum atomic E-state index is -0.509. The second-order valence-corrected chi connectivity index (χ2v) is 7.10. The molecule has 1 saturated heterocycles. The van der Waals surface area contributed by atoms with Gasteiger partial charge in [-0.25, -0.2) is 4.79 Å². The minimum Gasteiger partial charge on any atom is -0.416 e. The van der Waals surface area contributed by atoms with E-state index in [0.717, 1.165) is 23.0 Å². The Hall–Kier alpha value is -2.88. The molecule has 9 nitrogen and oxygen atoms in total. The first-order chi connectivity index (χ1) is 12.9. The van der Waals surface area contributed by atoms with Crippen LogP contribution in [0, 0.1) is 12.8 Å². The predicted octanol–water partition coefficient (Wildman–Crippen LogP) is 1.50. The number of thioether (sulfide) groups is 1. The zero-order valence-electron chi connectivity index (χ0n) is 14.8. The van der Waals surface area contributed by atoms with Crippen LogP contribution in [-0.2, 0) is 16.0 Å². The van der Waals surface area contributed by atoms with Gasteiger partial charge in [0.25, 0.3) is 5.22 Å². The lowest BCUT2D eigenvalue weighted by Gasteiger charge is -2.27. The predicted molar refractivity (Wildman–Crippen MR) is 98.2 cm³/mol. The number of benzene rings is 1. The van der Waals surface area contributed by atoms with Gasteiger partial charge >= 0.3 is 6.03 Å². The standard InChI is InChI=1S/C17H19N5O4S/c1-9-5-3-4-6-12(9)19-13(23)8-27-17-22-21-14(26-17)7-11-10(2)18-16(25)20-15(11)24/h3-6,10-11H,7-8H2,1-2H3,(H,19,23)(H2,18,20,24,25). The number of hydrogen-bond acceptors (Lipinski definition) is 7. The fourth-order valence-electron chi connectivity index (χ4n) is 2.64. The Morgan fingerprint density at radius 1 is 1.30 bits per heavy atom. The van der Waals surface area contributed by atoms with Gasteiger partial charge < -0.3 is 15.1 Å². The number of anilines is 1. The molecule has 0 radical (unpaired) electrons. The molecule has 1 aromatic heterocycles. The van der Waals surface area contributed by atoms with Crippen LogP contribution < -0.4 is 16.0 Å². The van der Waals surface area contributed by atoms with Gasteiger partial charge in [0.05, 0.1) is 11.7 Å². The first kappa shape index (κ1) is 18.9. The van der Waals surface area contributed by atoms with E-state index in [-0.39, 0.29) is 41.1 Å². The highest BCUT2D eigenvalue weighted by molar-refractivity contribution is 7.99. The number of carbonyl (C=O) groups excluding carboxylic acids is 3. The molecule has 27 heavy (non-hydrogen) atoms. The van der Waals surface area contributed by atoms with E-state index in [1.54, 1.807) is 6.92 Å². The molecule has 0 spiro atoms. The second kappa shape index (κ2) is 8.21. The molecule has 2 aromatic rings. The van der Waals surface area contributed by atoms with Crippen LogP contribution in [0.3, 0.4) is 0 Å². The van der Waals surface area contributed by atoms with Crippen molar-refractivity contribution in [3.05, 3.63) is 35.7 Å². The molecule has 3 N–H and O–H groups in total. The SMILES string of the molecule is Cc1ccccc1NC(=O)CSc1nnc(CC2C(=O)NC(=O)NC2C)o1. The largest absolute Gasteiger partial charge is 0.416 e. The van der Waals surface area contributed by atoms with Crippen molar-refractivity contribution in [2.45, 2.75) is 31.5 Å². The number of amides is 4. The minimum absolute atomic E-state index is 0.117. The molecule has 142 valence electrons. The molecule has 1 fully saturated rings. The summed E-state index contributed by atoms with van der Waals surface area (Å²) in [5, 5.41) is 15.7. The van der Waals surface area contributed by atoms with E-state index in [1.807, 2.05) is 31.2 Å². The van der Waals surface area contributed by atoms with Crippen LogP contribution in [0.15, 0.2) is 33.9 Å². The maximum Gasteiger partial charge on any atom is 0.321 e. The van der Waals surface area contributed by atoms with Gasteiger partial charge in [-0.15, -0.1) is 10.2 Å². The maximum absolute atomic E-state index is 12.1. The van der Waals surface area contributed by atoms with Crippen molar-refractivity contribution in [1.82, 2.24) is 20.8 Å². The van der Waals surface area contributed by atoms with Gasteiger partial charge in [-0.2, -0.15) is 0 Å². The summed E-state index contributed by atoms with van der Waals surface area (Å²) in [7, 11) is 0. The van der Waals surface area contributed by atoms with E-state index < -0.39 is 11.9 Å². The smallest absolute Gasteiger partial charge is 0.321 e. The number of rotatable bonds is 6. The van der Waals surface area contributed by atoms with Crippen LogP contribution in [-0.4, -0.2) is 39.8 Å². The second-order valence-electron chi connectivity index (χ2n) is 6.18. The van der Waals surface area contributed by atoms with Gasteiger partial charge in [0.1, 0.15) is 0 Å². The van der Waals surface area contributed by atoms with Crippen LogP contribution in [0.1, 0.15) is 18.4 Å². The molecule has 0 saturated carbocycles. The highest BCUT2D eigenvalue weighted by atomic mass is 32.2. The molecule has 2 heterocycles. The number of urea groups is 1. The van der Waals surface area contributed by atoms with Crippen molar-refractivity contribution in [2.75, 3.05) is 11.1 Å². The van der Waals surface area contributed by atoms with Crippen molar-refractivity contribution < 1.29 is 18.8 Å². The molecule has 2 atom stereocenters. The lowest BCUT2D eigenvalue weighted by molar-refractivity contribution is -0.125. The first-order valence-corrected chi connectivity index (χ1v) is 9.33. The highest BCUT2D eigenvalue weighted by Gasteiger charge is 2.34. The average molecular weight is 389 g/mol. The average Bonchev–Trinajstić information content (AvgIpc) is 3.06. The zero-order valence-corrected chi connectivity index (χ0v) is 15.6. The number of nitrogens with zero attached hydrogens (tertiary/aromatic N) is 2. The van der Waals surface area contributed by atoms with Crippen molar-refractivity contribution in [1.29, 1.82) is 0 Å². The Bertz CT molecular complexity index is 869. The third-order valence-electron chi connectivity index (χ3n) is 4.12. The van der Waals surface area contributed by atoms with E-state index >= 15 is 0 Å². The number of para-hydroxylation sites is 1. The maximum atomic E-state index is 12.1. The normalized spacial score (nSPS) is 19.3. The van der Waals surface area contributed by atoms with E-state index in [1.165, 1.54) is 0 Å². The van der Waals surface area contributed by atoms with Gasteiger partial charge in [0, 0.05) is 18.2 Å². The van der Waals surface area contributed by atoms with Crippen LogP contribution in [0.2, 0.25) is 0 Å². The van der Waals surface area contributed by atoms with Crippen LogP contribution in [0.4, 0.5) is 10.5 Å². The molecule has 1 aliphatic rings. The van der Waals surface area contributed by atoms with Gasteiger partial charge in [-0.05, 0) is 25.5 Å². The summed E-state index contributed by atoms with van der Waals surface area (Å²) in [6.45, 7) is 3.65. The van der Waals surface area contributed by atoms with Crippen molar-refractivity contribution >= 4 is 35.3 Å². The number of aromatic nitrogens is 2. The molecule has 3 rings (SSSR count). The zero-order chi connectivity index (χ0) is 19.4. The number of aryl methyl sites for hydroxylation is 1. The van der Waals surface area contributed by atoms with Gasteiger partial charge in [-0.3, -0.25) is 14.9 Å². The summed E-state index contributed by atoms with van der Waals surface area (Å²) >= 11 is 1.12. The number of nitrogens with one attached hydrogen (secondary N) is 3. The Morgan fingerprint density at radius 2 is 2.07 bits per heavy atom. The third kappa shape index (κ3) is 4.85. The van der Waals surface area contributed by atoms with E-state index in [4.69, 9.17) is 4.42 Å². The highest BCUT2D eigenvalue weighted by Crippen LogP contribution is 2.21. The molecule has 1 aliphatic heterocycles. The van der Waals surface area contributed by atoms with Crippen LogP contribution in [0.5, 0.6) is 0 Å². The lowest BCUT2D eigenvalue weighted by Crippen LogP contribution is -2.57. The molecule has 4 amide bonds. The summed E-state index contributed by atoms with van der Waals surface area (Å²) in [5.41, 5.74) is 1.73. The van der Waals surface area contributed by atoms with E-state index in [9.17, 15) is 14.4 Å². The molecule has 1 aromatic carbocycles.